The van der Waals surface area contributed by atoms with Gasteiger partial charge in [0.25, 0.3) is 0 Å². The van der Waals surface area contributed by atoms with Crippen LogP contribution in [0.4, 0.5) is 0 Å². The summed E-state index contributed by atoms with van der Waals surface area (Å²) in [4.78, 5) is 4.42. The Bertz CT molecular complexity index is 446. The molecule has 1 heterocycles. The van der Waals surface area contributed by atoms with E-state index in [2.05, 4.69) is 55.3 Å². The average molecular weight is 246 g/mol. The molecule has 2 rings (SSSR count). The number of nitrogens with zero attached hydrogens (tertiary/aromatic N) is 1. The molecular formula is C14H18N2S. The van der Waals surface area contributed by atoms with Crippen molar-refractivity contribution in [2.24, 2.45) is 0 Å². The lowest BCUT2D eigenvalue weighted by Crippen LogP contribution is -2.28. The number of benzene rings is 1. The normalized spacial score (nSPS) is 12.9. The van der Waals surface area contributed by atoms with E-state index in [9.17, 15) is 0 Å². The van der Waals surface area contributed by atoms with Gasteiger partial charge < -0.3 is 5.32 Å². The van der Waals surface area contributed by atoms with Crippen molar-refractivity contribution in [1.82, 2.24) is 10.3 Å². The Morgan fingerprint density at radius 1 is 1.18 bits per heavy atom. The molecule has 1 aromatic heterocycles. The zero-order valence-corrected chi connectivity index (χ0v) is 11.3. The van der Waals surface area contributed by atoms with Crippen LogP contribution in [-0.2, 0) is 0 Å². The summed E-state index contributed by atoms with van der Waals surface area (Å²) in [5.74, 6) is 0. The Kier molecular flexibility index (Phi) is 3.92. The smallest absolute Gasteiger partial charge is 0.114 e. The fraction of sp³-hybridized carbons (Fsp3) is 0.357. The Hall–Kier alpha value is -1.19. The first-order valence-corrected chi connectivity index (χ1v) is 6.77. The van der Waals surface area contributed by atoms with E-state index in [1.54, 1.807) is 11.3 Å². The molecule has 0 saturated carbocycles. The molecule has 0 aliphatic heterocycles. The monoisotopic (exact) mass is 246 g/mol. The maximum absolute atomic E-state index is 4.42. The molecule has 0 spiro atoms. The summed E-state index contributed by atoms with van der Waals surface area (Å²) in [6, 6.07) is 9.30. The molecule has 1 aromatic carbocycles. The Morgan fingerprint density at radius 2 is 1.88 bits per heavy atom. The number of nitrogens with one attached hydrogen (secondary N) is 1. The summed E-state index contributed by atoms with van der Waals surface area (Å²) in [5.41, 5.74) is 2.57. The maximum atomic E-state index is 4.42. The van der Waals surface area contributed by atoms with Crippen LogP contribution in [0, 0.1) is 6.92 Å². The lowest BCUT2D eigenvalue weighted by Gasteiger charge is -2.19. The molecule has 0 aliphatic carbocycles. The summed E-state index contributed by atoms with van der Waals surface area (Å²) < 4.78 is 0. The predicted octanol–water partition coefficient (Wildman–Crippen LogP) is 3.54. The first kappa shape index (κ1) is 12.3. The minimum absolute atomic E-state index is 0.204. The summed E-state index contributed by atoms with van der Waals surface area (Å²) in [7, 11) is 0. The topological polar surface area (TPSA) is 24.9 Å². The first-order chi connectivity index (χ1) is 8.16. The van der Waals surface area contributed by atoms with E-state index in [4.69, 9.17) is 0 Å². The third-order valence-electron chi connectivity index (χ3n) is 2.61. The fourth-order valence-corrected chi connectivity index (χ4v) is 2.50. The van der Waals surface area contributed by atoms with Gasteiger partial charge in [0, 0.05) is 17.6 Å². The van der Waals surface area contributed by atoms with Crippen LogP contribution in [0.1, 0.15) is 36.0 Å². The van der Waals surface area contributed by atoms with Crippen molar-refractivity contribution in [2.75, 3.05) is 0 Å². The van der Waals surface area contributed by atoms with Gasteiger partial charge in [-0.2, -0.15) is 0 Å². The zero-order valence-electron chi connectivity index (χ0n) is 10.5. The van der Waals surface area contributed by atoms with E-state index >= 15 is 0 Å². The number of aromatic nitrogens is 1. The average Bonchev–Trinajstić information content (AvgIpc) is 2.80. The molecule has 2 aromatic rings. The van der Waals surface area contributed by atoms with E-state index in [0.717, 1.165) is 5.01 Å². The van der Waals surface area contributed by atoms with Crippen molar-refractivity contribution < 1.29 is 0 Å². The van der Waals surface area contributed by atoms with E-state index in [1.165, 1.54) is 11.1 Å². The first-order valence-electron chi connectivity index (χ1n) is 5.89. The molecule has 0 fully saturated rings. The molecule has 0 saturated heterocycles. The lowest BCUT2D eigenvalue weighted by atomic mass is 10.0. The molecule has 1 atom stereocenters. The van der Waals surface area contributed by atoms with Crippen LogP contribution >= 0.6 is 11.3 Å². The van der Waals surface area contributed by atoms with E-state index in [1.807, 2.05) is 11.6 Å². The van der Waals surface area contributed by atoms with Gasteiger partial charge in [0.2, 0.25) is 0 Å². The molecule has 1 unspecified atom stereocenters. The number of hydrogen-bond donors (Lipinski definition) is 1. The fourth-order valence-electron chi connectivity index (χ4n) is 1.78. The van der Waals surface area contributed by atoms with E-state index in [-0.39, 0.29) is 6.04 Å². The van der Waals surface area contributed by atoms with Gasteiger partial charge in [-0.25, -0.2) is 4.98 Å². The maximum Gasteiger partial charge on any atom is 0.114 e. The number of aryl methyl sites for hydroxylation is 1. The SMILES string of the molecule is Cc1ccc(C(NC(C)C)c2nccs2)cc1. The van der Waals surface area contributed by atoms with Gasteiger partial charge in [0.05, 0.1) is 6.04 Å². The predicted molar refractivity (Wildman–Crippen MR) is 73.4 cm³/mol. The van der Waals surface area contributed by atoms with Gasteiger partial charge in [0.1, 0.15) is 5.01 Å². The van der Waals surface area contributed by atoms with Gasteiger partial charge in [-0.05, 0) is 26.3 Å². The van der Waals surface area contributed by atoms with Crippen LogP contribution in [-0.4, -0.2) is 11.0 Å². The van der Waals surface area contributed by atoms with Gasteiger partial charge in [-0.1, -0.05) is 29.8 Å². The van der Waals surface area contributed by atoms with Crippen molar-refractivity contribution in [3.8, 4) is 0 Å². The second kappa shape index (κ2) is 5.43. The second-order valence-electron chi connectivity index (χ2n) is 4.54. The van der Waals surface area contributed by atoms with Crippen molar-refractivity contribution >= 4 is 11.3 Å². The molecule has 17 heavy (non-hydrogen) atoms. The highest BCUT2D eigenvalue weighted by Crippen LogP contribution is 2.24. The molecule has 0 bridgehead atoms. The summed E-state index contributed by atoms with van der Waals surface area (Å²) in [6.07, 6.45) is 1.86. The molecule has 90 valence electrons. The van der Waals surface area contributed by atoms with Gasteiger partial charge in [-0.3, -0.25) is 0 Å². The van der Waals surface area contributed by atoms with Gasteiger partial charge in [0.15, 0.2) is 0 Å². The third kappa shape index (κ3) is 3.14. The van der Waals surface area contributed by atoms with Gasteiger partial charge in [-0.15, -0.1) is 11.3 Å². The van der Waals surface area contributed by atoms with Gasteiger partial charge >= 0.3 is 0 Å². The van der Waals surface area contributed by atoms with Crippen molar-refractivity contribution in [3.05, 3.63) is 52.0 Å². The minimum atomic E-state index is 0.204. The Balaban J connectivity index is 2.30. The molecule has 1 N–H and O–H groups in total. The zero-order chi connectivity index (χ0) is 12.3. The quantitative estimate of drug-likeness (QED) is 0.892. The van der Waals surface area contributed by atoms with Crippen LogP contribution in [0.15, 0.2) is 35.8 Å². The Morgan fingerprint density at radius 3 is 2.41 bits per heavy atom. The molecule has 3 heteroatoms. The number of thiazole rings is 1. The van der Waals surface area contributed by atoms with Crippen LogP contribution < -0.4 is 5.32 Å². The van der Waals surface area contributed by atoms with Crippen molar-refractivity contribution in [1.29, 1.82) is 0 Å². The van der Waals surface area contributed by atoms with Crippen LogP contribution in [0.3, 0.4) is 0 Å². The van der Waals surface area contributed by atoms with Crippen LogP contribution in [0.2, 0.25) is 0 Å². The molecule has 0 amide bonds. The van der Waals surface area contributed by atoms with Crippen LogP contribution in [0.25, 0.3) is 0 Å². The van der Waals surface area contributed by atoms with Crippen molar-refractivity contribution in [2.45, 2.75) is 32.9 Å². The summed E-state index contributed by atoms with van der Waals surface area (Å²) >= 11 is 1.70. The largest absolute Gasteiger partial charge is 0.302 e. The molecule has 0 aliphatic rings. The molecule has 0 radical (unpaired) electrons. The second-order valence-corrected chi connectivity index (χ2v) is 5.46. The molecule has 2 nitrogen and oxygen atoms in total. The Labute approximate surface area is 107 Å². The highest BCUT2D eigenvalue weighted by Gasteiger charge is 2.16. The number of rotatable bonds is 4. The third-order valence-corrected chi connectivity index (χ3v) is 3.45. The lowest BCUT2D eigenvalue weighted by molar-refractivity contribution is 0.527. The summed E-state index contributed by atoms with van der Waals surface area (Å²) in [6.45, 7) is 6.43. The minimum Gasteiger partial charge on any atom is -0.302 e. The summed E-state index contributed by atoms with van der Waals surface area (Å²) in [5, 5.41) is 6.72. The molecular weight excluding hydrogens is 228 g/mol. The van der Waals surface area contributed by atoms with Crippen LogP contribution in [0.5, 0.6) is 0 Å². The van der Waals surface area contributed by atoms with E-state index < -0.39 is 0 Å². The van der Waals surface area contributed by atoms with Crippen molar-refractivity contribution in [3.63, 3.8) is 0 Å². The van der Waals surface area contributed by atoms with E-state index in [0.29, 0.717) is 6.04 Å². The highest BCUT2D eigenvalue weighted by atomic mass is 32.1. The highest BCUT2D eigenvalue weighted by molar-refractivity contribution is 7.09. The number of hydrogen-bond acceptors (Lipinski definition) is 3. The standard InChI is InChI=1S/C14H18N2S/c1-10(2)16-13(14-15-8-9-17-14)12-6-4-11(3)5-7-12/h4-10,13,16H,1-3H3.